The first kappa shape index (κ1) is 18.4. The second-order valence-corrected chi connectivity index (χ2v) is 6.64. The van der Waals surface area contributed by atoms with Crippen LogP contribution in [0.3, 0.4) is 0 Å². The van der Waals surface area contributed by atoms with E-state index in [0.29, 0.717) is 5.75 Å². The number of para-hydroxylation sites is 1. The first-order valence-electron chi connectivity index (χ1n) is 9.22. The molecule has 1 aliphatic carbocycles. The minimum atomic E-state index is -1.00. The zero-order chi connectivity index (χ0) is 20.2. The van der Waals surface area contributed by atoms with Gasteiger partial charge in [-0.25, -0.2) is 9.59 Å². The number of aliphatic carboxylic acids is 1. The Kier molecular flexibility index (Phi) is 5.08. The second-order valence-electron chi connectivity index (χ2n) is 6.64. The van der Waals surface area contributed by atoms with Gasteiger partial charge in [0, 0.05) is 18.1 Å². The number of carboxylic acids is 1. The van der Waals surface area contributed by atoms with Crippen molar-refractivity contribution in [3.8, 4) is 16.9 Å². The molecule has 0 aromatic heterocycles. The Hall–Kier alpha value is -3.92. The van der Waals surface area contributed by atoms with Crippen molar-refractivity contribution in [2.75, 3.05) is 0 Å². The summed E-state index contributed by atoms with van der Waals surface area (Å²) < 4.78 is 5.34. The Balaban J connectivity index is 1.70. The van der Waals surface area contributed by atoms with Crippen LogP contribution in [0, 0.1) is 0 Å². The number of hydrogen-bond donors (Lipinski definition) is 1. The molecule has 0 saturated heterocycles. The van der Waals surface area contributed by atoms with E-state index in [9.17, 15) is 9.59 Å². The summed E-state index contributed by atoms with van der Waals surface area (Å²) in [5.41, 5.74) is 4.99. The third-order valence-corrected chi connectivity index (χ3v) is 4.83. The van der Waals surface area contributed by atoms with Crippen LogP contribution in [0.2, 0.25) is 0 Å². The Morgan fingerprint density at radius 1 is 0.828 bits per heavy atom. The van der Waals surface area contributed by atoms with Crippen LogP contribution in [0.25, 0.3) is 17.2 Å². The fraction of sp³-hybridized carbons (Fsp3) is 0.0400. The average Bonchev–Trinajstić information content (AvgIpc) is 3.06. The maximum atomic E-state index is 12.3. The van der Waals surface area contributed by atoms with Gasteiger partial charge in [0.05, 0.1) is 0 Å². The normalized spacial score (nSPS) is 14.7. The summed E-state index contributed by atoms with van der Waals surface area (Å²) in [6, 6.07) is 22.7. The lowest BCUT2D eigenvalue weighted by molar-refractivity contribution is -0.131. The molecule has 0 heterocycles. The molecule has 0 saturated carbocycles. The zero-order valence-corrected chi connectivity index (χ0v) is 15.5. The third kappa shape index (κ3) is 3.87. The number of carbonyl (C=O) groups is 2. The zero-order valence-electron chi connectivity index (χ0n) is 15.5. The van der Waals surface area contributed by atoms with Gasteiger partial charge < -0.3 is 9.84 Å². The van der Waals surface area contributed by atoms with Gasteiger partial charge in [0.1, 0.15) is 5.75 Å². The summed E-state index contributed by atoms with van der Waals surface area (Å²) in [6.45, 7) is 0. The molecule has 0 aliphatic heterocycles. The van der Waals surface area contributed by atoms with Gasteiger partial charge in [-0.15, -0.1) is 0 Å². The SMILES string of the molecule is O=C(O)C=Cc1cccc2c1C(C=CC(=O)Oc1ccccc1)c1ccccc1-2. The number of ether oxygens (including phenoxy) is 1. The molecule has 142 valence electrons. The van der Waals surface area contributed by atoms with Gasteiger partial charge in [-0.2, -0.15) is 0 Å². The largest absolute Gasteiger partial charge is 0.478 e. The van der Waals surface area contributed by atoms with Crippen LogP contribution in [-0.4, -0.2) is 17.0 Å². The van der Waals surface area contributed by atoms with Crippen molar-refractivity contribution < 1.29 is 19.4 Å². The van der Waals surface area contributed by atoms with Gasteiger partial charge in [0.15, 0.2) is 0 Å². The molecule has 0 fully saturated rings. The van der Waals surface area contributed by atoms with Crippen LogP contribution < -0.4 is 4.74 Å². The number of allylic oxidation sites excluding steroid dienone is 1. The van der Waals surface area contributed by atoms with Crippen LogP contribution in [-0.2, 0) is 9.59 Å². The highest BCUT2D eigenvalue weighted by atomic mass is 16.5. The quantitative estimate of drug-likeness (QED) is 0.381. The Bertz CT molecular complexity index is 1130. The molecule has 3 aromatic rings. The van der Waals surface area contributed by atoms with E-state index in [1.54, 1.807) is 30.3 Å². The number of esters is 1. The highest BCUT2D eigenvalue weighted by Crippen LogP contribution is 2.47. The van der Waals surface area contributed by atoms with E-state index >= 15 is 0 Å². The summed E-state index contributed by atoms with van der Waals surface area (Å²) >= 11 is 0. The van der Waals surface area contributed by atoms with Crippen LogP contribution in [0.4, 0.5) is 0 Å². The number of carboxylic acid groups (broad SMARTS) is 1. The highest BCUT2D eigenvalue weighted by molar-refractivity contribution is 5.90. The number of rotatable bonds is 5. The lowest BCUT2D eigenvalue weighted by atomic mass is 9.92. The summed E-state index contributed by atoms with van der Waals surface area (Å²) in [5.74, 6) is -1.14. The molecular formula is C25H18O4. The van der Waals surface area contributed by atoms with Crippen molar-refractivity contribution >= 4 is 18.0 Å². The van der Waals surface area contributed by atoms with E-state index in [1.165, 1.54) is 6.08 Å². The minimum Gasteiger partial charge on any atom is -0.478 e. The van der Waals surface area contributed by atoms with Crippen molar-refractivity contribution in [1.29, 1.82) is 0 Å². The summed E-state index contributed by atoms with van der Waals surface area (Å²) in [7, 11) is 0. The van der Waals surface area contributed by atoms with Crippen LogP contribution in [0.1, 0.15) is 22.6 Å². The monoisotopic (exact) mass is 382 g/mol. The maximum Gasteiger partial charge on any atom is 0.335 e. The van der Waals surface area contributed by atoms with E-state index in [1.807, 2.05) is 54.6 Å². The predicted octanol–water partition coefficient (Wildman–Crippen LogP) is 5.06. The highest BCUT2D eigenvalue weighted by Gasteiger charge is 2.28. The van der Waals surface area contributed by atoms with Gasteiger partial charge in [0.2, 0.25) is 0 Å². The van der Waals surface area contributed by atoms with Crippen molar-refractivity contribution in [2.45, 2.75) is 5.92 Å². The fourth-order valence-electron chi connectivity index (χ4n) is 3.65. The maximum absolute atomic E-state index is 12.3. The molecule has 4 nitrogen and oxygen atoms in total. The van der Waals surface area contributed by atoms with Crippen molar-refractivity contribution in [3.05, 3.63) is 108 Å². The number of benzene rings is 3. The van der Waals surface area contributed by atoms with E-state index < -0.39 is 11.9 Å². The minimum absolute atomic E-state index is 0.167. The van der Waals surface area contributed by atoms with Crippen molar-refractivity contribution in [1.82, 2.24) is 0 Å². The molecule has 1 unspecified atom stereocenters. The van der Waals surface area contributed by atoms with Gasteiger partial charge in [-0.3, -0.25) is 0 Å². The van der Waals surface area contributed by atoms with Crippen LogP contribution >= 0.6 is 0 Å². The van der Waals surface area contributed by atoms with Gasteiger partial charge in [0.25, 0.3) is 0 Å². The van der Waals surface area contributed by atoms with Gasteiger partial charge >= 0.3 is 11.9 Å². The number of hydrogen-bond acceptors (Lipinski definition) is 3. The molecule has 3 aromatic carbocycles. The summed E-state index contributed by atoms with van der Waals surface area (Å²) in [6.07, 6.45) is 5.97. The molecule has 1 N–H and O–H groups in total. The third-order valence-electron chi connectivity index (χ3n) is 4.83. The summed E-state index contributed by atoms with van der Waals surface area (Å²) in [4.78, 5) is 23.3. The van der Waals surface area contributed by atoms with Gasteiger partial charge in [-0.1, -0.05) is 66.7 Å². The molecule has 29 heavy (non-hydrogen) atoms. The molecular weight excluding hydrogens is 364 g/mol. The van der Waals surface area contributed by atoms with E-state index in [2.05, 4.69) is 0 Å². The molecule has 0 spiro atoms. The average molecular weight is 382 g/mol. The Morgan fingerprint density at radius 3 is 2.34 bits per heavy atom. The standard InChI is InChI=1S/C25H18O4/c26-23(27)15-13-17-7-6-12-21-19-10-4-5-11-20(19)22(25(17)21)14-16-24(28)29-18-8-2-1-3-9-18/h1-16,22H,(H,26,27). The number of fused-ring (bicyclic) bond motifs is 3. The molecule has 0 bridgehead atoms. The molecule has 0 amide bonds. The van der Waals surface area contributed by atoms with Crippen molar-refractivity contribution in [3.63, 3.8) is 0 Å². The topological polar surface area (TPSA) is 63.6 Å². The first-order chi connectivity index (χ1) is 14.1. The Morgan fingerprint density at radius 2 is 1.55 bits per heavy atom. The molecule has 1 atom stereocenters. The van der Waals surface area contributed by atoms with Gasteiger partial charge in [-0.05, 0) is 46.0 Å². The van der Waals surface area contributed by atoms with Crippen molar-refractivity contribution in [2.24, 2.45) is 0 Å². The lowest BCUT2D eigenvalue weighted by Crippen LogP contribution is -2.05. The van der Waals surface area contributed by atoms with E-state index in [0.717, 1.165) is 33.9 Å². The molecule has 0 radical (unpaired) electrons. The summed E-state index contributed by atoms with van der Waals surface area (Å²) in [5, 5.41) is 9.02. The predicted molar refractivity (Wildman–Crippen MR) is 112 cm³/mol. The van der Waals surface area contributed by atoms with Crippen LogP contribution in [0.5, 0.6) is 5.75 Å². The van der Waals surface area contributed by atoms with Crippen LogP contribution in [0.15, 0.2) is 91.0 Å². The fourth-order valence-corrected chi connectivity index (χ4v) is 3.65. The van der Waals surface area contributed by atoms with E-state index in [-0.39, 0.29) is 5.92 Å². The second kappa shape index (κ2) is 7.98. The Labute approximate surface area is 168 Å². The lowest BCUT2D eigenvalue weighted by Gasteiger charge is -2.11. The number of carbonyl (C=O) groups excluding carboxylic acids is 1. The molecule has 4 rings (SSSR count). The first-order valence-corrected chi connectivity index (χ1v) is 9.22. The van der Waals surface area contributed by atoms with E-state index in [4.69, 9.17) is 9.84 Å². The molecule has 1 aliphatic rings. The molecule has 4 heteroatoms. The smallest absolute Gasteiger partial charge is 0.335 e.